The van der Waals surface area contributed by atoms with Gasteiger partial charge in [0.15, 0.2) is 0 Å². The molecule has 0 amide bonds. The third kappa shape index (κ3) is 2.47. The van der Waals surface area contributed by atoms with Crippen LogP contribution in [0.5, 0.6) is 0 Å². The summed E-state index contributed by atoms with van der Waals surface area (Å²) in [7, 11) is 1.93. The van der Waals surface area contributed by atoms with Gasteiger partial charge < -0.3 is 5.32 Å². The first-order valence-electron chi connectivity index (χ1n) is 5.46. The lowest BCUT2D eigenvalue weighted by Gasteiger charge is -2.04. The van der Waals surface area contributed by atoms with Gasteiger partial charge in [0.1, 0.15) is 0 Å². The van der Waals surface area contributed by atoms with Crippen LogP contribution in [0.3, 0.4) is 0 Å². The third-order valence-electron chi connectivity index (χ3n) is 2.53. The van der Waals surface area contributed by atoms with Gasteiger partial charge in [0.2, 0.25) is 0 Å². The van der Waals surface area contributed by atoms with Crippen molar-refractivity contribution in [2.45, 2.75) is 13.5 Å². The van der Waals surface area contributed by atoms with Crippen LogP contribution in [0.15, 0.2) is 42.6 Å². The van der Waals surface area contributed by atoms with Crippen molar-refractivity contribution in [3.8, 4) is 11.1 Å². The predicted octanol–water partition coefficient (Wildman–Crippen LogP) is 2.78. The molecule has 1 aromatic carbocycles. The zero-order valence-electron chi connectivity index (χ0n) is 9.70. The quantitative estimate of drug-likeness (QED) is 0.846. The van der Waals surface area contributed by atoms with Crippen LogP contribution in [0.4, 0.5) is 0 Å². The second-order valence-electron chi connectivity index (χ2n) is 3.94. The van der Waals surface area contributed by atoms with Crippen LogP contribution in [0.25, 0.3) is 11.1 Å². The lowest BCUT2D eigenvalue weighted by molar-refractivity contribution is 0.791. The van der Waals surface area contributed by atoms with E-state index in [4.69, 9.17) is 0 Å². The van der Waals surface area contributed by atoms with Gasteiger partial charge in [-0.2, -0.15) is 0 Å². The number of nitrogens with one attached hydrogen (secondary N) is 1. The Labute approximate surface area is 96.4 Å². The Morgan fingerprint density at radius 1 is 1.12 bits per heavy atom. The smallest absolute Gasteiger partial charge is 0.0542 e. The maximum absolute atomic E-state index is 4.41. The van der Waals surface area contributed by atoms with Gasteiger partial charge in [0.25, 0.3) is 0 Å². The molecular weight excluding hydrogens is 196 g/mol. The number of rotatable bonds is 3. The Morgan fingerprint density at radius 2 is 2.00 bits per heavy atom. The molecule has 0 atom stereocenters. The molecular formula is C14H16N2. The van der Waals surface area contributed by atoms with E-state index in [1.807, 2.05) is 13.2 Å². The summed E-state index contributed by atoms with van der Waals surface area (Å²) in [4.78, 5) is 4.41. The summed E-state index contributed by atoms with van der Waals surface area (Å²) >= 11 is 0. The number of benzene rings is 1. The highest BCUT2D eigenvalue weighted by Gasteiger charge is 1.98. The van der Waals surface area contributed by atoms with Crippen molar-refractivity contribution in [3.05, 3.63) is 53.9 Å². The van der Waals surface area contributed by atoms with E-state index in [0.29, 0.717) is 0 Å². The Bertz CT molecular complexity index is 460. The second-order valence-corrected chi connectivity index (χ2v) is 3.94. The maximum atomic E-state index is 4.41. The highest BCUT2D eigenvalue weighted by Crippen LogP contribution is 2.19. The number of nitrogens with zero attached hydrogens (tertiary/aromatic N) is 1. The fourth-order valence-corrected chi connectivity index (χ4v) is 1.71. The standard InChI is InChI=1S/C14H16N2/c1-11-4-3-5-12(8-11)13-6-7-14(10-15-2)16-9-13/h3-9,15H,10H2,1-2H3. The van der Waals surface area contributed by atoms with Crippen LogP contribution < -0.4 is 5.32 Å². The minimum absolute atomic E-state index is 0.814. The van der Waals surface area contributed by atoms with Gasteiger partial charge in [-0.3, -0.25) is 4.98 Å². The number of aryl methyl sites for hydroxylation is 1. The van der Waals surface area contributed by atoms with Gasteiger partial charge in [-0.1, -0.05) is 35.9 Å². The molecule has 0 fully saturated rings. The lowest BCUT2D eigenvalue weighted by Crippen LogP contribution is -2.06. The topological polar surface area (TPSA) is 24.9 Å². The summed E-state index contributed by atoms with van der Waals surface area (Å²) < 4.78 is 0. The Hall–Kier alpha value is -1.67. The molecule has 1 aromatic heterocycles. The van der Waals surface area contributed by atoms with Crippen LogP contribution >= 0.6 is 0 Å². The van der Waals surface area contributed by atoms with E-state index in [2.05, 4.69) is 53.6 Å². The van der Waals surface area contributed by atoms with E-state index in [9.17, 15) is 0 Å². The van der Waals surface area contributed by atoms with Crippen LogP contribution in [-0.4, -0.2) is 12.0 Å². The molecule has 16 heavy (non-hydrogen) atoms. The number of aromatic nitrogens is 1. The second kappa shape index (κ2) is 4.90. The largest absolute Gasteiger partial charge is 0.314 e. The molecule has 2 nitrogen and oxygen atoms in total. The molecule has 2 heteroatoms. The van der Waals surface area contributed by atoms with Crippen LogP contribution in [0.2, 0.25) is 0 Å². The summed E-state index contributed by atoms with van der Waals surface area (Å²) in [5.74, 6) is 0. The first kappa shape index (κ1) is 10.8. The number of hydrogen-bond acceptors (Lipinski definition) is 2. The Morgan fingerprint density at radius 3 is 2.62 bits per heavy atom. The number of hydrogen-bond donors (Lipinski definition) is 1. The highest BCUT2D eigenvalue weighted by molar-refractivity contribution is 5.63. The minimum atomic E-state index is 0.814. The van der Waals surface area contributed by atoms with E-state index in [0.717, 1.165) is 12.2 Å². The van der Waals surface area contributed by atoms with Crippen LogP contribution in [0, 0.1) is 6.92 Å². The molecule has 0 spiro atoms. The molecule has 0 saturated heterocycles. The van der Waals surface area contributed by atoms with Gasteiger partial charge in [0, 0.05) is 18.3 Å². The maximum Gasteiger partial charge on any atom is 0.0542 e. The fraction of sp³-hybridized carbons (Fsp3) is 0.214. The molecule has 82 valence electrons. The zero-order chi connectivity index (χ0) is 11.4. The molecule has 1 N–H and O–H groups in total. The van der Waals surface area contributed by atoms with E-state index < -0.39 is 0 Å². The summed E-state index contributed by atoms with van der Waals surface area (Å²) in [6, 6.07) is 12.7. The number of pyridine rings is 1. The first-order valence-corrected chi connectivity index (χ1v) is 5.46. The average molecular weight is 212 g/mol. The summed E-state index contributed by atoms with van der Waals surface area (Å²) in [5.41, 5.74) is 4.74. The normalized spacial score (nSPS) is 10.4. The molecule has 0 unspecified atom stereocenters. The van der Waals surface area contributed by atoms with Crippen molar-refractivity contribution in [2.24, 2.45) is 0 Å². The van der Waals surface area contributed by atoms with Crippen LogP contribution in [-0.2, 0) is 6.54 Å². The van der Waals surface area contributed by atoms with Gasteiger partial charge in [-0.05, 0) is 25.6 Å². The minimum Gasteiger partial charge on any atom is -0.314 e. The molecule has 0 radical (unpaired) electrons. The summed E-state index contributed by atoms with van der Waals surface area (Å²) in [6.45, 7) is 2.92. The molecule has 0 aliphatic carbocycles. The summed E-state index contributed by atoms with van der Waals surface area (Å²) in [5, 5.41) is 3.09. The van der Waals surface area contributed by atoms with Gasteiger partial charge in [-0.25, -0.2) is 0 Å². The lowest BCUT2D eigenvalue weighted by atomic mass is 10.1. The van der Waals surface area contributed by atoms with E-state index in [-0.39, 0.29) is 0 Å². The fourth-order valence-electron chi connectivity index (χ4n) is 1.71. The molecule has 1 heterocycles. The average Bonchev–Trinajstić information content (AvgIpc) is 2.30. The van der Waals surface area contributed by atoms with Crippen molar-refractivity contribution in [1.82, 2.24) is 10.3 Å². The molecule has 0 aliphatic rings. The van der Waals surface area contributed by atoms with Crippen LogP contribution in [0.1, 0.15) is 11.3 Å². The molecule has 2 rings (SSSR count). The van der Waals surface area contributed by atoms with Gasteiger partial charge in [0.05, 0.1) is 5.69 Å². The van der Waals surface area contributed by atoms with E-state index in [1.165, 1.54) is 16.7 Å². The molecule has 0 aliphatic heterocycles. The molecule has 0 saturated carbocycles. The molecule has 0 bridgehead atoms. The highest BCUT2D eigenvalue weighted by atomic mass is 14.8. The zero-order valence-corrected chi connectivity index (χ0v) is 9.70. The van der Waals surface area contributed by atoms with Crippen molar-refractivity contribution < 1.29 is 0 Å². The van der Waals surface area contributed by atoms with Gasteiger partial charge in [-0.15, -0.1) is 0 Å². The van der Waals surface area contributed by atoms with Crippen molar-refractivity contribution in [2.75, 3.05) is 7.05 Å². The van der Waals surface area contributed by atoms with Crippen molar-refractivity contribution >= 4 is 0 Å². The van der Waals surface area contributed by atoms with Gasteiger partial charge >= 0.3 is 0 Å². The Kier molecular flexibility index (Phi) is 3.32. The first-order chi connectivity index (χ1) is 7.79. The monoisotopic (exact) mass is 212 g/mol. The SMILES string of the molecule is CNCc1ccc(-c2cccc(C)c2)cn1. The summed E-state index contributed by atoms with van der Waals surface area (Å²) in [6.07, 6.45) is 1.93. The van der Waals surface area contributed by atoms with E-state index in [1.54, 1.807) is 0 Å². The van der Waals surface area contributed by atoms with Crippen molar-refractivity contribution in [3.63, 3.8) is 0 Å². The van der Waals surface area contributed by atoms with E-state index >= 15 is 0 Å². The predicted molar refractivity (Wildman–Crippen MR) is 67.2 cm³/mol. The third-order valence-corrected chi connectivity index (χ3v) is 2.53. The van der Waals surface area contributed by atoms with Crippen molar-refractivity contribution in [1.29, 1.82) is 0 Å². The molecule has 2 aromatic rings. The Balaban J connectivity index is 2.27.